The quantitative estimate of drug-likeness (QED) is 0.320. The van der Waals surface area contributed by atoms with Crippen molar-refractivity contribution in [1.29, 1.82) is 0 Å². The van der Waals surface area contributed by atoms with Gasteiger partial charge in [0.05, 0.1) is 11.2 Å². The van der Waals surface area contributed by atoms with Gasteiger partial charge in [-0.15, -0.1) is 0 Å². The van der Waals surface area contributed by atoms with Crippen molar-refractivity contribution in [3.63, 3.8) is 0 Å². The molecule has 0 spiro atoms. The first-order chi connectivity index (χ1) is 15.3. The molecule has 3 nitrogen and oxygen atoms in total. The minimum atomic E-state index is -0.142. The molecule has 1 aromatic carbocycles. The SMILES string of the molecule is CC(=O)O[C@H]1CC[C@@]2(C)C(=CC[C@@H]3[C@@H]2CC[C@]2(C)c4nc5ccc(Br)cc5cc4C[C@@H]32)C1. The predicted octanol–water partition coefficient (Wildman–Crippen LogP) is 6.91. The predicted molar refractivity (Wildman–Crippen MR) is 130 cm³/mol. The number of esters is 1. The minimum Gasteiger partial charge on any atom is -0.462 e. The standard InChI is InChI=1S/C28H32BrNO2/c1-16(31)32-21-8-10-27(2)19(15-21)4-6-22-23(27)9-11-28(3)24(22)14-18-12-17-13-20(29)5-7-25(17)30-26(18)28/h4-5,7,12-13,21-24H,6,8-11,14-15H2,1-3H3/t21-,22+,23-,24-,27-,28-/m0/s1. The average Bonchev–Trinajstić information content (AvgIpc) is 3.03. The summed E-state index contributed by atoms with van der Waals surface area (Å²) in [5.41, 5.74) is 5.98. The maximum absolute atomic E-state index is 11.5. The van der Waals surface area contributed by atoms with Gasteiger partial charge in [0.2, 0.25) is 0 Å². The van der Waals surface area contributed by atoms with Crippen molar-refractivity contribution in [3.8, 4) is 0 Å². The van der Waals surface area contributed by atoms with E-state index in [9.17, 15) is 4.79 Å². The van der Waals surface area contributed by atoms with Crippen LogP contribution in [0.1, 0.15) is 70.6 Å². The van der Waals surface area contributed by atoms with Crippen molar-refractivity contribution in [3.05, 3.63) is 51.6 Å². The number of pyridine rings is 1. The zero-order chi connectivity index (χ0) is 22.3. The van der Waals surface area contributed by atoms with Crippen LogP contribution in [0.3, 0.4) is 0 Å². The van der Waals surface area contributed by atoms with Gasteiger partial charge in [-0.25, -0.2) is 0 Å². The van der Waals surface area contributed by atoms with Crippen LogP contribution >= 0.6 is 15.9 Å². The van der Waals surface area contributed by atoms with Crippen molar-refractivity contribution in [2.45, 2.75) is 77.2 Å². The van der Waals surface area contributed by atoms with Crippen LogP contribution in [0.4, 0.5) is 0 Å². The normalized spacial score (nSPS) is 37.7. The lowest BCUT2D eigenvalue weighted by Gasteiger charge is -2.57. The van der Waals surface area contributed by atoms with Crippen LogP contribution in [0.25, 0.3) is 10.9 Å². The Hall–Kier alpha value is -1.68. The van der Waals surface area contributed by atoms with Crippen molar-refractivity contribution in [1.82, 2.24) is 4.98 Å². The summed E-state index contributed by atoms with van der Waals surface area (Å²) in [6.07, 6.45) is 10.5. The molecule has 1 aromatic heterocycles. The van der Waals surface area contributed by atoms with Gasteiger partial charge in [0.25, 0.3) is 0 Å². The van der Waals surface area contributed by atoms with Crippen LogP contribution in [0.2, 0.25) is 0 Å². The van der Waals surface area contributed by atoms with Gasteiger partial charge in [0.15, 0.2) is 0 Å². The van der Waals surface area contributed by atoms with Gasteiger partial charge in [-0.05, 0) is 91.5 Å². The molecule has 0 radical (unpaired) electrons. The van der Waals surface area contributed by atoms with Crippen LogP contribution in [0, 0.1) is 23.2 Å². The molecular formula is C28H32BrNO2. The first kappa shape index (κ1) is 20.9. The fourth-order valence-corrected chi connectivity index (χ4v) is 8.41. The summed E-state index contributed by atoms with van der Waals surface area (Å²) in [6.45, 7) is 6.54. The molecule has 0 saturated heterocycles. The second-order valence-corrected chi connectivity index (χ2v) is 12.1. The van der Waals surface area contributed by atoms with E-state index in [-0.39, 0.29) is 22.9 Å². The lowest BCUT2D eigenvalue weighted by Crippen LogP contribution is -2.51. The van der Waals surface area contributed by atoms with Crippen LogP contribution in [0.15, 0.2) is 40.4 Å². The summed E-state index contributed by atoms with van der Waals surface area (Å²) in [7, 11) is 0. The smallest absolute Gasteiger partial charge is 0.302 e. The zero-order valence-corrected chi connectivity index (χ0v) is 20.9. The summed E-state index contributed by atoms with van der Waals surface area (Å²) >= 11 is 3.62. The number of benzene rings is 1. The fourth-order valence-electron chi connectivity index (χ4n) is 8.03. The minimum absolute atomic E-state index is 0.0731. The third kappa shape index (κ3) is 2.97. The van der Waals surface area contributed by atoms with Crippen molar-refractivity contribution < 1.29 is 9.53 Å². The molecule has 0 N–H and O–H groups in total. The molecule has 4 aliphatic carbocycles. The highest BCUT2D eigenvalue weighted by Gasteiger charge is 2.58. The number of halogens is 1. The Kier molecular flexibility index (Phi) is 4.67. The Balaban J connectivity index is 1.34. The Labute approximate surface area is 199 Å². The number of fused-ring (bicyclic) bond motifs is 8. The summed E-state index contributed by atoms with van der Waals surface area (Å²) in [6, 6.07) is 8.87. The number of carbonyl (C=O) groups excluding carboxylic acids is 1. The molecule has 0 amide bonds. The number of rotatable bonds is 1. The number of hydrogen-bond donors (Lipinski definition) is 0. The number of hydrogen-bond acceptors (Lipinski definition) is 3. The lowest BCUT2D eigenvalue weighted by atomic mass is 9.48. The highest BCUT2D eigenvalue weighted by Crippen LogP contribution is 2.64. The van der Waals surface area contributed by atoms with Gasteiger partial charge >= 0.3 is 5.97 Å². The molecule has 6 rings (SSSR count). The van der Waals surface area contributed by atoms with Gasteiger partial charge < -0.3 is 4.74 Å². The van der Waals surface area contributed by atoms with Crippen LogP contribution in [-0.4, -0.2) is 17.1 Å². The molecule has 32 heavy (non-hydrogen) atoms. The molecule has 2 aromatic rings. The first-order valence-corrected chi connectivity index (χ1v) is 13.0. The number of allylic oxidation sites excluding steroid dienone is 1. The van der Waals surface area contributed by atoms with Gasteiger partial charge in [0, 0.05) is 28.6 Å². The van der Waals surface area contributed by atoms with Crippen LogP contribution in [0.5, 0.6) is 0 Å². The van der Waals surface area contributed by atoms with Gasteiger partial charge in [0.1, 0.15) is 6.10 Å². The topological polar surface area (TPSA) is 39.2 Å². The second-order valence-electron chi connectivity index (χ2n) is 11.2. The Bertz CT molecular complexity index is 1160. The molecule has 2 saturated carbocycles. The molecule has 6 atom stereocenters. The summed E-state index contributed by atoms with van der Waals surface area (Å²) in [5, 5.41) is 1.25. The fraction of sp³-hybridized carbons (Fsp3) is 0.571. The van der Waals surface area contributed by atoms with Crippen molar-refractivity contribution in [2.75, 3.05) is 0 Å². The third-order valence-corrected chi connectivity index (χ3v) is 10.1. The van der Waals surface area contributed by atoms with E-state index in [0.717, 1.165) is 47.5 Å². The summed E-state index contributed by atoms with van der Waals surface area (Å²) < 4.78 is 6.72. The highest BCUT2D eigenvalue weighted by molar-refractivity contribution is 9.10. The highest BCUT2D eigenvalue weighted by atomic mass is 79.9. The Morgan fingerprint density at radius 1 is 1.09 bits per heavy atom. The lowest BCUT2D eigenvalue weighted by molar-refractivity contribution is -0.148. The molecule has 168 valence electrons. The summed E-state index contributed by atoms with van der Waals surface area (Å²) in [5.74, 6) is 1.98. The Morgan fingerprint density at radius 2 is 1.91 bits per heavy atom. The monoisotopic (exact) mass is 493 g/mol. The van der Waals surface area contributed by atoms with Gasteiger partial charge in [-0.1, -0.05) is 41.4 Å². The average molecular weight is 494 g/mol. The van der Waals surface area contributed by atoms with E-state index in [1.54, 1.807) is 5.57 Å². The van der Waals surface area contributed by atoms with Crippen LogP contribution < -0.4 is 0 Å². The molecule has 2 fully saturated rings. The van der Waals surface area contributed by atoms with Crippen LogP contribution in [-0.2, 0) is 21.4 Å². The molecule has 4 aliphatic rings. The van der Waals surface area contributed by atoms with Crippen molar-refractivity contribution >= 4 is 32.8 Å². The molecule has 1 heterocycles. The number of carbonyl (C=O) groups is 1. The van der Waals surface area contributed by atoms with E-state index in [0.29, 0.717) is 5.92 Å². The van der Waals surface area contributed by atoms with Crippen molar-refractivity contribution in [2.24, 2.45) is 23.2 Å². The van der Waals surface area contributed by atoms with E-state index >= 15 is 0 Å². The first-order valence-electron chi connectivity index (χ1n) is 12.2. The maximum atomic E-state index is 11.5. The number of ether oxygens (including phenoxy) is 1. The van der Waals surface area contributed by atoms with E-state index in [1.165, 1.54) is 42.8 Å². The number of aromatic nitrogens is 1. The van der Waals surface area contributed by atoms with Gasteiger partial charge in [-0.3, -0.25) is 9.78 Å². The van der Waals surface area contributed by atoms with E-state index in [4.69, 9.17) is 9.72 Å². The van der Waals surface area contributed by atoms with Gasteiger partial charge in [-0.2, -0.15) is 0 Å². The zero-order valence-electron chi connectivity index (χ0n) is 19.3. The third-order valence-electron chi connectivity index (χ3n) is 9.62. The molecule has 0 aliphatic heterocycles. The molecule has 0 unspecified atom stereocenters. The molecule has 0 bridgehead atoms. The number of nitrogens with zero attached hydrogens (tertiary/aromatic N) is 1. The van der Waals surface area contributed by atoms with E-state index < -0.39 is 0 Å². The largest absolute Gasteiger partial charge is 0.462 e. The Morgan fingerprint density at radius 3 is 2.72 bits per heavy atom. The molecular weight excluding hydrogens is 462 g/mol. The van der Waals surface area contributed by atoms with E-state index in [1.807, 2.05) is 0 Å². The van der Waals surface area contributed by atoms with E-state index in [2.05, 4.69) is 60.1 Å². The second kappa shape index (κ2) is 7.16. The molecule has 4 heteroatoms. The maximum Gasteiger partial charge on any atom is 0.302 e. The summed E-state index contributed by atoms with van der Waals surface area (Å²) in [4.78, 5) is 16.7.